The fraction of sp³-hybridized carbons (Fsp3) is 0.444. The van der Waals surface area contributed by atoms with E-state index in [1.54, 1.807) is 28.6 Å². The average molecular weight is 372 g/mol. The van der Waals surface area contributed by atoms with Crippen molar-refractivity contribution < 1.29 is 24.2 Å². The van der Waals surface area contributed by atoms with Crippen LogP contribution >= 0.6 is 0 Å². The molecule has 1 saturated heterocycles. The monoisotopic (exact) mass is 372 g/mol. The molecule has 2 aliphatic heterocycles. The molecule has 1 unspecified atom stereocenters. The second-order valence-electron chi connectivity index (χ2n) is 6.69. The minimum absolute atomic E-state index is 0.199. The van der Waals surface area contributed by atoms with Gasteiger partial charge >= 0.3 is 5.97 Å². The number of piperidine rings is 1. The maximum atomic E-state index is 12.8. The van der Waals surface area contributed by atoms with Gasteiger partial charge in [-0.25, -0.2) is 4.68 Å². The summed E-state index contributed by atoms with van der Waals surface area (Å²) in [6, 6.07) is 5.42. The SMILES string of the molecule is Cc1c(C(=O)N2CCCC(C(=O)O)C2)nnn1-c1ccc2c(c1)OCCO2. The highest BCUT2D eigenvalue weighted by atomic mass is 16.6. The Bertz CT molecular complexity index is 894. The Labute approximate surface area is 155 Å². The van der Waals surface area contributed by atoms with Gasteiger partial charge in [0.25, 0.3) is 5.91 Å². The Hall–Kier alpha value is -3.10. The Morgan fingerprint density at radius 3 is 2.78 bits per heavy atom. The van der Waals surface area contributed by atoms with Gasteiger partial charge in [-0.2, -0.15) is 0 Å². The van der Waals surface area contributed by atoms with Gasteiger partial charge < -0.3 is 19.5 Å². The standard InChI is InChI=1S/C18H20N4O5/c1-11-16(17(23)21-6-2-3-12(10-21)18(24)25)19-20-22(11)13-4-5-14-15(9-13)27-8-7-26-14/h4-5,9,12H,2-3,6-8,10H2,1H3,(H,24,25). The topological polar surface area (TPSA) is 107 Å². The predicted molar refractivity (Wildman–Crippen MR) is 93.3 cm³/mol. The molecule has 4 rings (SSSR count). The van der Waals surface area contributed by atoms with Crippen LogP contribution in [0.4, 0.5) is 0 Å². The van der Waals surface area contributed by atoms with Crippen molar-refractivity contribution in [1.29, 1.82) is 0 Å². The molecule has 2 aliphatic rings. The van der Waals surface area contributed by atoms with E-state index in [0.717, 1.165) is 0 Å². The molecule has 0 bridgehead atoms. The first-order valence-electron chi connectivity index (χ1n) is 8.89. The number of carboxylic acids is 1. The Morgan fingerprint density at radius 2 is 2.00 bits per heavy atom. The lowest BCUT2D eigenvalue weighted by atomic mass is 9.98. The van der Waals surface area contributed by atoms with E-state index in [1.165, 1.54) is 0 Å². The molecular weight excluding hydrogens is 352 g/mol. The van der Waals surface area contributed by atoms with Gasteiger partial charge in [-0.15, -0.1) is 5.10 Å². The van der Waals surface area contributed by atoms with Gasteiger partial charge in [0.05, 0.1) is 17.3 Å². The van der Waals surface area contributed by atoms with Crippen LogP contribution in [0.25, 0.3) is 5.69 Å². The zero-order valence-corrected chi connectivity index (χ0v) is 14.9. The largest absolute Gasteiger partial charge is 0.486 e. The Balaban J connectivity index is 1.59. The maximum absolute atomic E-state index is 12.8. The molecule has 2 aromatic rings. The molecule has 9 nitrogen and oxygen atoms in total. The number of aromatic nitrogens is 3. The van der Waals surface area contributed by atoms with E-state index in [4.69, 9.17) is 9.47 Å². The van der Waals surface area contributed by atoms with Gasteiger partial charge in [0.15, 0.2) is 17.2 Å². The van der Waals surface area contributed by atoms with Gasteiger partial charge in [0.1, 0.15) is 13.2 Å². The smallest absolute Gasteiger partial charge is 0.308 e. The number of nitrogens with zero attached hydrogens (tertiary/aromatic N) is 4. The molecule has 1 aromatic heterocycles. The number of amides is 1. The van der Waals surface area contributed by atoms with Crippen molar-refractivity contribution in [3.8, 4) is 17.2 Å². The molecule has 9 heteroatoms. The maximum Gasteiger partial charge on any atom is 0.308 e. The number of fused-ring (bicyclic) bond motifs is 1. The highest BCUT2D eigenvalue weighted by Crippen LogP contribution is 2.32. The van der Waals surface area contributed by atoms with Crippen LogP contribution in [0.2, 0.25) is 0 Å². The molecular formula is C18H20N4O5. The first-order valence-corrected chi connectivity index (χ1v) is 8.89. The predicted octanol–water partition coefficient (Wildman–Crippen LogP) is 1.28. The third kappa shape index (κ3) is 3.20. The molecule has 1 atom stereocenters. The quantitative estimate of drug-likeness (QED) is 0.865. The number of carbonyl (C=O) groups excluding carboxylic acids is 1. The van der Waals surface area contributed by atoms with Crippen LogP contribution < -0.4 is 9.47 Å². The molecule has 27 heavy (non-hydrogen) atoms. The molecule has 1 fully saturated rings. The minimum atomic E-state index is -0.871. The number of hydrogen-bond acceptors (Lipinski definition) is 6. The molecule has 0 saturated carbocycles. The van der Waals surface area contributed by atoms with Gasteiger partial charge in [-0.05, 0) is 31.9 Å². The Kier molecular flexibility index (Phi) is 4.43. The summed E-state index contributed by atoms with van der Waals surface area (Å²) in [5.74, 6) is -0.392. The second-order valence-corrected chi connectivity index (χ2v) is 6.69. The summed E-state index contributed by atoms with van der Waals surface area (Å²) in [5, 5.41) is 17.4. The van der Waals surface area contributed by atoms with Gasteiger partial charge in [0.2, 0.25) is 0 Å². The highest BCUT2D eigenvalue weighted by Gasteiger charge is 2.31. The molecule has 0 radical (unpaired) electrons. The summed E-state index contributed by atoms with van der Waals surface area (Å²) in [6.07, 6.45) is 1.25. The van der Waals surface area contributed by atoms with E-state index < -0.39 is 11.9 Å². The van der Waals surface area contributed by atoms with Crippen LogP contribution in [0.3, 0.4) is 0 Å². The molecule has 0 aliphatic carbocycles. The lowest BCUT2D eigenvalue weighted by Gasteiger charge is -2.30. The van der Waals surface area contributed by atoms with E-state index in [9.17, 15) is 14.7 Å². The number of rotatable bonds is 3. The molecule has 3 heterocycles. The van der Waals surface area contributed by atoms with Gasteiger partial charge in [-0.1, -0.05) is 5.21 Å². The van der Waals surface area contributed by atoms with Crippen molar-refractivity contribution in [2.24, 2.45) is 5.92 Å². The van der Waals surface area contributed by atoms with Crippen molar-refractivity contribution in [3.05, 3.63) is 29.6 Å². The zero-order chi connectivity index (χ0) is 19.0. The zero-order valence-electron chi connectivity index (χ0n) is 14.9. The summed E-state index contributed by atoms with van der Waals surface area (Å²) >= 11 is 0. The normalized spacial score (nSPS) is 19.0. The fourth-order valence-electron chi connectivity index (χ4n) is 3.45. The molecule has 0 spiro atoms. The lowest BCUT2D eigenvalue weighted by Crippen LogP contribution is -2.42. The average Bonchev–Trinajstić information content (AvgIpc) is 3.08. The van der Waals surface area contributed by atoms with Gasteiger partial charge in [0, 0.05) is 19.2 Å². The van der Waals surface area contributed by atoms with Crippen LogP contribution in [0.1, 0.15) is 29.0 Å². The lowest BCUT2D eigenvalue weighted by molar-refractivity contribution is -0.143. The van der Waals surface area contributed by atoms with Crippen molar-refractivity contribution >= 4 is 11.9 Å². The van der Waals surface area contributed by atoms with Gasteiger partial charge in [-0.3, -0.25) is 9.59 Å². The molecule has 1 aromatic carbocycles. The van der Waals surface area contributed by atoms with Crippen LogP contribution in [0.5, 0.6) is 11.5 Å². The van der Waals surface area contributed by atoms with Crippen LogP contribution in [0.15, 0.2) is 18.2 Å². The van der Waals surface area contributed by atoms with E-state index in [0.29, 0.717) is 55.5 Å². The molecule has 142 valence electrons. The first kappa shape index (κ1) is 17.3. The van der Waals surface area contributed by atoms with Crippen LogP contribution in [-0.2, 0) is 4.79 Å². The summed E-state index contributed by atoms with van der Waals surface area (Å²) in [4.78, 5) is 25.6. The fourth-order valence-corrected chi connectivity index (χ4v) is 3.45. The number of likely N-dealkylation sites (tertiary alicyclic amines) is 1. The number of carboxylic acid groups (broad SMARTS) is 1. The number of ether oxygens (including phenoxy) is 2. The van der Waals surface area contributed by atoms with Crippen LogP contribution in [0, 0.1) is 12.8 Å². The Morgan fingerprint density at radius 1 is 1.22 bits per heavy atom. The van der Waals surface area contributed by atoms with E-state index in [2.05, 4.69) is 10.3 Å². The van der Waals surface area contributed by atoms with Crippen molar-refractivity contribution in [1.82, 2.24) is 19.9 Å². The van der Waals surface area contributed by atoms with E-state index >= 15 is 0 Å². The summed E-state index contributed by atoms with van der Waals surface area (Å²) in [5.41, 5.74) is 1.54. The highest BCUT2D eigenvalue weighted by molar-refractivity contribution is 5.93. The third-order valence-electron chi connectivity index (χ3n) is 4.93. The summed E-state index contributed by atoms with van der Waals surface area (Å²) in [7, 11) is 0. The van der Waals surface area contributed by atoms with E-state index in [1.807, 2.05) is 6.07 Å². The number of carbonyl (C=O) groups is 2. The number of aliphatic carboxylic acids is 1. The van der Waals surface area contributed by atoms with E-state index in [-0.39, 0.29) is 18.1 Å². The molecule has 1 amide bonds. The minimum Gasteiger partial charge on any atom is -0.486 e. The van der Waals surface area contributed by atoms with Crippen molar-refractivity contribution in [2.75, 3.05) is 26.3 Å². The molecule has 1 N–H and O–H groups in total. The van der Waals surface area contributed by atoms with Crippen LogP contribution in [-0.4, -0.2) is 63.2 Å². The number of benzene rings is 1. The number of hydrogen-bond donors (Lipinski definition) is 1. The first-order chi connectivity index (χ1) is 13.0. The summed E-state index contributed by atoms with van der Waals surface area (Å²) in [6.45, 7) is 3.49. The van der Waals surface area contributed by atoms with Crippen molar-refractivity contribution in [2.45, 2.75) is 19.8 Å². The third-order valence-corrected chi connectivity index (χ3v) is 4.93. The second kappa shape index (κ2) is 6.90. The van der Waals surface area contributed by atoms with Crippen molar-refractivity contribution in [3.63, 3.8) is 0 Å². The summed E-state index contributed by atoms with van der Waals surface area (Å²) < 4.78 is 12.7.